The van der Waals surface area contributed by atoms with Crippen molar-refractivity contribution in [3.8, 4) is 0 Å². The highest BCUT2D eigenvalue weighted by Crippen LogP contribution is 2.20. The molecule has 0 saturated carbocycles. The van der Waals surface area contributed by atoms with Crippen LogP contribution in [0.15, 0.2) is 42.5 Å². The number of aryl methyl sites for hydroxylation is 2. The standard InChI is InChI=1S/C17H18INO/c1-11-8-9-12(2)15(10-11)13(3)19-17(20)14-6-4-5-7-16(14)18/h4-10,13H,1-3H3,(H,19,20)/t13-/m1/s1. The fourth-order valence-electron chi connectivity index (χ4n) is 2.22. The van der Waals surface area contributed by atoms with Crippen LogP contribution in [0.3, 0.4) is 0 Å². The second kappa shape index (κ2) is 6.39. The van der Waals surface area contributed by atoms with Gasteiger partial charge in [0, 0.05) is 3.57 Å². The first-order valence-corrected chi connectivity index (χ1v) is 7.69. The summed E-state index contributed by atoms with van der Waals surface area (Å²) in [5.41, 5.74) is 4.31. The van der Waals surface area contributed by atoms with Gasteiger partial charge in [0.2, 0.25) is 0 Å². The molecule has 0 aliphatic rings. The van der Waals surface area contributed by atoms with E-state index < -0.39 is 0 Å². The molecule has 1 N–H and O–H groups in total. The van der Waals surface area contributed by atoms with Crippen molar-refractivity contribution in [2.45, 2.75) is 26.8 Å². The second-order valence-corrected chi connectivity index (χ2v) is 6.20. The highest BCUT2D eigenvalue weighted by molar-refractivity contribution is 14.1. The third kappa shape index (κ3) is 3.39. The maximum absolute atomic E-state index is 12.3. The van der Waals surface area contributed by atoms with Crippen LogP contribution in [0.4, 0.5) is 0 Å². The number of benzene rings is 2. The number of nitrogens with one attached hydrogen (secondary N) is 1. The predicted octanol–water partition coefficient (Wildman–Crippen LogP) is 4.40. The van der Waals surface area contributed by atoms with Gasteiger partial charge in [-0.1, -0.05) is 35.9 Å². The number of carbonyl (C=O) groups excluding carboxylic acids is 1. The van der Waals surface area contributed by atoms with Crippen molar-refractivity contribution in [2.75, 3.05) is 0 Å². The Morgan fingerprint density at radius 1 is 1.15 bits per heavy atom. The molecule has 1 atom stereocenters. The van der Waals surface area contributed by atoms with Gasteiger partial charge in [-0.15, -0.1) is 0 Å². The van der Waals surface area contributed by atoms with Crippen LogP contribution in [-0.4, -0.2) is 5.91 Å². The minimum atomic E-state index is -0.0246. The Hall–Kier alpha value is -1.36. The van der Waals surface area contributed by atoms with Gasteiger partial charge in [0.25, 0.3) is 5.91 Å². The molecule has 0 unspecified atom stereocenters. The summed E-state index contributed by atoms with van der Waals surface area (Å²) in [7, 11) is 0. The number of amides is 1. The fraction of sp³-hybridized carbons (Fsp3) is 0.235. The summed E-state index contributed by atoms with van der Waals surface area (Å²) in [5, 5.41) is 3.08. The van der Waals surface area contributed by atoms with Crippen molar-refractivity contribution in [3.63, 3.8) is 0 Å². The molecule has 0 radical (unpaired) electrons. The van der Waals surface area contributed by atoms with Crippen molar-refractivity contribution in [1.29, 1.82) is 0 Å². The predicted molar refractivity (Wildman–Crippen MR) is 91.0 cm³/mol. The van der Waals surface area contributed by atoms with E-state index in [-0.39, 0.29) is 11.9 Å². The molecule has 0 aliphatic heterocycles. The van der Waals surface area contributed by atoms with Gasteiger partial charge < -0.3 is 5.32 Å². The van der Waals surface area contributed by atoms with E-state index in [0.29, 0.717) is 0 Å². The third-order valence-electron chi connectivity index (χ3n) is 3.37. The number of hydrogen-bond acceptors (Lipinski definition) is 1. The molecule has 0 heterocycles. The molecule has 1 amide bonds. The SMILES string of the molecule is Cc1ccc(C)c([C@@H](C)NC(=O)c2ccccc2I)c1. The molecule has 2 nitrogen and oxygen atoms in total. The molecule has 0 bridgehead atoms. The second-order valence-electron chi connectivity index (χ2n) is 5.04. The molecule has 104 valence electrons. The summed E-state index contributed by atoms with van der Waals surface area (Å²) >= 11 is 2.19. The third-order valence-corrected chi connectivity index (χ3v) is 4.31. The number of rotatable bonds is 3. The lowest BCUT2D eigenvalue weighted by molar-refractivity contribution is 0.0939. The summed E-state index contributed by atoms with van der Waals surface area (Å²) in [4.78, 5) is 12.3. The van der Waals surface area contributed by atoms with Gasteiger partial charge in [-0.25, -0.2) is 0 Å². The molecule has 0 saturated heterocycles. The van der Waals surface area contributed by atoms with E-state index in [1.54, 1.807) is 0 Å². The van der Waals surface area contributed by atoms with Gasteiger partial charge in [0.15, 0.2) is 0 Å². The van der Waals surface area contributed by atoms with Gasteiger partial charge in [-0.05, 0) is 66.6 Å². The van der Waals surface area contributed by atoms with Gasteiger partial charge in [0.05, 0.1) is 11.6 Å². The van der Waals surface area contributed by atoms with E-state index >= 15 is 0 Å². The van der Waals surface area contributed by atoms with E-state index in [1.807, 2.05) is 31.2 Å². The summed E-state index contributed by atoms with van der Waals surface area (Å²) in [6.45, 7) is 6.16. The Morgan fingerprint density at radius 3 is 2.55 bits per heavy atom. The molecule has 0 spiro atoms. The molecule has 20 heavy (non-hydrogen) atoms. The van der Waals surface area contributed by atoms with Crippen LogP contribution in [0.5, 0.6) is 0 Å². The molecule has 2 aromatic carbocycles. The van der Waals surface area contributed by atoms with Crippen LogP contribution >= 0.6 is 22.6 Å². The Bertz CT molecular complexity index is 637. The van der Waals surface area contributed by atoms with Crippen LogP contribution in [0.2, 0.25) is 0 Å². The Labute approximate surface area is 133 Å². The van der Waals surface area contributed by atoms with E-state index in [1.165, 1.54) is 16.7 Å². The van der Waals surface area contributed by atoms with Crippen molar-refractivity contribution < 1.29 is 4.79 Å². The zero-order valence-electron chi connectivity index (χ0n) is 11.9. The molecule has 2 rings (SSSR count). The van der Waals surface area contributed by atoms with Gasteiger partial charge in [-0.3, -0.25) is 4.79 Å². The monoisotopic (exact) mass is 379 g/mol. The molecular formula is C17H18INO. The van der Waals surface area contributed by atoms with E-state index in [2.05, 4.69) is 60.0 Å². The zero-order valence-corrected chi connectivity index (χ0v) is 14.1. The van der Waals surface area contributed by atoms with Crippen molar-refractivity contribution in [2.24, 2.45) is 0 Å². The van der Waals surface area contributed by atoms with E-state index in [4.69, 9.17) is 0 Å². The minimum Gasteiger partial charge on any atom is -0.345 e. The number of halogens is 1. The fourth-order valence-corrected chi connectivity index (χ4v) is 2.86. The highest BCUT2D eigenvalue weighted by Gasteiger charge is 2.14. The topological polar surface area (TPSA) is 29.1 Å². The first-order chi connectivity index (χ1) is 9.49. The van der Waals surface area contributed by atoms with Crippen LogP contribution in [-0.2, 0) is 0 Å². The molecule has 0 aliphatic carbocycles. The van der Waals surface area contributed by atoms with Gasteiger partial charge >= 0.3 is 0 Å². The number of carbonyl (C=O) groups is 1. The maximum Gasteiger partial charge on any atom is 0.252 e. The van der Waals surface area contributed by atoms with Crippen molar-refractivity contribution in [3.05, 3.63) is 68.3 Å². The number of hydrogen-bond donors (Lipinski definition) is 1. The first-order valence-electron chi connectivity index (χ1n) is 6.61. The van der Waals surface area contributed by atoms with Crippen LogP contribution in [0.1, 0.15) is 40.0 Å². The van der Waals surface area contributed by atoms with E-state index in [0.717, 1.165) is 9.13 Å². The van der Waals surface area contributed by atoms with Gasteiger partial charge in [0.1, 0.15) is 0 Å². The van der Waals surface area contributed by atoms with Crippen LogP contribution in [0.25, 0.3) is 0 Å². The average molecular weight is 379 g/mol. The summed E-state index contributed by atoms with van der Waals surface area (Å²) in [6, 6.07) is 13.9. The summed E-state index contributed by atoms with van der Waals surface area (Å²) < 4.78 is 0.968. The molecule has 3 heteroatoms. The average Bonchev–Trinajstić information content (AvgIpc) is 2.41. The normalized spacial score (nSPS) is 12.0. The largest absolute Gasteiger partial charge is 0.345 e. The Balaban J connectivity index is 2.19. The lowest BCUT2D eigenvalue weighted by Crippen LogP contribution is -2.27. The minimum absolute atomic E-state index is 0.00148. The Kier molecular flexibility index (Phi) is 4.81. The lowest BCUT2D eigenvalue weighted by Gasteiger charge is -2.18. The highest BCUT2D eigenvalue weighted by atomic mass is 127. The smallest absolute Gasteiger partial charge is 0.252 e. The quantitative estimate of drug-likeness (QED) is 0.787. The van der Waals surface area contributed by atoms with Crippen molar-refractivity contribution >= 4 is 28.5 Å². The Morgan fingerprint density at radius 2 is 1.85 bits per heavy atom. The summed E-state index contributed by atoms with van der Waals surface area (Å²) in [6.07, 6.45) is 0. The first kappa shape index (κ1) is 15.0. The molecule has 2 aromatic rings. The summed E-state index contributed by atoms with van der Waals surface area (Å²) in [5.74, 6) is -0.0246. The maximum atomic E-state index is 12.3. The van der Waals surface area contributed by atoms with Crippen LogP contribution in [0, 0.1) is 17.4 Å². The van der Waals surface area contributed by atoms with Crippen molar-refractivity contribution in [1.82, 2.24) is 5.32 Å². The van der Waals surface area contributed by atoms with E-state index in [9.17, 15) is 4.79 Å². The molecule has 0 aromatic heterocycles. The van der Waals surface area contributed by atoms with Crippen LogP contribution < -0.4 is 5.32 Å². The zero-order chi connectivity index (χ0) is 14.7. The lowest BCUT2D eigenvalue weighted by atomic mass is 10.00. The molecule has 0 fully saturated rings. The molecular weight excluding hydrogens is 361 g/mol. The van der Waals surface area contributed by atoms with Gasteiger partial charge in [-0.2, -0.15) is 0 Å².